The highest BCUT2D eigenvalue weighted by molar-refractivity contribution is 5.99. The molecule has 4 nitrogen and oxygen atoms in total. The molecular formula is C33H53NO3. The molecule has 0 amide bonds. The molecule has 2 atom stereocenters. The summed E-state index contributed by atoms with van der Waals surface area (Å²) in [5.41, 5.74) is 4.29. The van der Waals surface area contributed by atoms with Gasteiger partial charge in [0.05, 0.1) is 12.2 Å². The van der Waals surface area contributed by atoms with Crippen LogP contribution in [0.1, 0.15) is 89.8 Å². The minimum atomic E-state index is 0.357. The SMILES string of the molecule is C#CCc1ccccc1.C=O.CC.CC[C@@H](C)O[C@@H](C)CCCCCC(=N)c1ccccc1C.COC. The summed E-state index contributed by atoms with van der Waals surface area (Å²) in [6.45, 7) is 14.5. The average molecular weight is 512 g/mol. The van der Waals surface area contributed by atoms with Crippen LogP contribution in [0.4, 0.5) is 0 Å². The minimum Gasteiger partial charge on any atom is -0.388 e. The van der Waals surface area contributed by atoms with Crippen molar-refractivity contribution in [2.24, 2.45) is 0 Å². The fraction of sp³-hybridized carbons (Fsp3) is 0.515. The zero-order valence-corrected chi connectivity index (χ0v) is 24.8. The van der Waals surface area contributed by atoms with Gasteiger partial charge in [0.25, 0.3) is 0 Å². The van der Waals surface area contributed by atoms with Crippen LogP contribution in [0.15, 0.2) is 54.6 Å². The summed E-state index contributed by atoms with van der Waals surface area (Å²) in [6.07, 6.45) is 13.1. The standard InChI is InChI=1S/C19H31NO.C9H8.C2H6O.C2H6.CH2O/c1-5-16(3)21-17(4)12-7-6-8-14-19(20)18-13-10-9-11-15(18)2;1-2-6-9-7-4-3-5-8-9;1-3-2;2*1-2/h9-11,13,16-17,20H,5-8,12,14H2,1-4H3;1,3-5,7-8H,6H2;1-2H3;1-2H3;1H2/t16-,17+;;;;/m1..../s1. The molecule has 0 fully saturated rings. The van der Waals surface area contributed by atoms with E-state index < -0.39 is 0 Å². The predicted molar refractivity (Wildman–Crippen MR) is 162 cm³/mol. The summed E-state index contributed by atoms with van der Waals surface area (Å²) in [5.74, 6) is 2.58. The largest absolute Gasteiger partial charge is 0.388 e. The van der Waals surface area contributed by atoms with Crippen molar-refractivity contribution in [2.75, 3.05) is 14.2 Å². The van der Waals surface area contributed by atoms with Crippen molar-refractivity contribution in [2.45, 2.75) is 98.7 Å². The molecule has 1 N–H and O–H groups in total. The molecule has 4 heteroatoms. The number of nitrogens with one attached hydrogen (secondary N) is 1. The first-order valence-corrected chi connectivity index (χ1v) is 13.3. The highest BCUT2D eigenvalue weighted by Crippen LogP contribution is 2.14. The van der Waals surface area contributed by atoms with Gasteiger partial charge in [-0.2, -0.15) is 0 Å². The lowest BCUT2D eigenvalue weighted by molar-refractivity contribution is -0.0980. The Hall–Kier alpha value is -2.74. The Morgan fingerprint density at radius 1 is 0.946 bits per heavy atom. The van der Waals surface area contributed by atoms with Gasteiger partial charge >= 0.3 is 0 Å². The summed E-state index contributed by atoms with van der Waals surface area (Å²) < 4.78 is 10.1. The highest BCUT2D eigenvalue weighted by Gasteiger charge is 2.07. The first kappa shape index (κ1) is 38.8. The summed E-state index contributed by atoms with van der Waals surface area (Å²) in [4.78, 5) is 8.00. The van der Waals surface area contributed by atoms with Crippen LogP contribution >= 0.6 is 0 Å². The third-order valence-corrected chi connectivity index (χ3v) is 5.20. The van der Waals surface area contributed by atoms with Crippen LogP contribution < -0.4 is 0 Å². The Morgan fingerprint density at radius 2 is 1.49 bits per heavy atom. The number of unbranched alkanes of at least 4 members (excludes halogenated alkanes) is 2. The Labute approximate surface area is 228 Å². The van der Waals surface area contributed by atoms with Crippen molar-refractivity contribution in [3.8, 4) is 12.3 Å². The first-order valence-electron chi connectivity index (χ1n) is 13.3. The number of ether oxygens (including phenoxy) is 2. The molecule has 0 aliphatic rings. The van der Waals surface area contributed by atoms with E-state index in [-0.39, 0.29) is 0 Å². The second-order valence-electron chi connectivity index (χ2n) is 8.33. The first-order chi connectivity index (χ1) is 17.9. The Kier molecular flexibility index (Phi) is 30.9. The Bertz CT molecular complexity index is 799. The molecule has 0 unspecified atom stereocenters. The van der Waals surface area contributed by atoms with Gasteiger partial charge in [0, 0.05) is 26.4 Å². The molecule has 2 aromatic rings. The third-order valence-electron chi connectivity index (χ3n) is 5.20. The van der Waals surface area contributed by atoms with E-state index in [1.165, 1.54) is 24.0 Å². The van der Waals surface area contributed by atoms with Gasteiger partial charge in [-0.25, -0.2) is 0 Å². The summed E-state index contributed by atoms with van der Waals surface area (Å²) in [6, 6.07) is 18.2. The highest BCUT2D eigenvalue weighted by atomic mass is 16.5. The van der Waals surface area contributed by atoms with Crippen molar-refractivity contribution >= 4 is 12.5 Å². The van der Waals surface area contributed by atoms with Crippen LogP contribution in [0.2, 0.25) is 0 Å². The molecule has 37 heavy (non-hydrogen) atoms. The number of carbonyl (C=O) groups excluding carboxylic acids is 1. The monoisotopic (exact) mass is 511 g/mol. The predicted octanol–water partition coefficient (Wildman–Crippen LogP) is 8.48. The fourth-order valence-electron chi connectivity index (χ4n) is 3.23. The molecule has 0 saturated carbocycles. The zero-order valence-electron chi connectivity index (χ0n) is 24.8. The van der Waals surface area contributed by atoms with E-state index in [0.29, 0.717) is 12.2 Å². The molecule has 0 aliphatic heterocycles. The lowest BCUT2D eigenvalue weighted by Crippen LogP contribution is -2.16. The normalized spacial score (nSPS) is 10.7. The van der Waals surface area contributed by atoms with Gasteiger partial charge in [-0.15, -0.1) is 12.3 Å². The number of hydrogen-bond donors (Lipinski definition) is 1. The average Bonchev–Trinajstić information content (AvgIpc) is 2.92. The number of methoxy groups -OCH3 is 1. The van der Waals surface area contributed by atoms with Crippen molar-refractivity contribution in [1.29, 1.82) is 5.41 Å². The van der Waals surface area contributed by atoms with Gasteiger partial charge in [0.15, 0.2) is 0 Å². The quantitative estimate of drug-likeness (QED) is 0.187. The fourth-order valence-corrected chi connectivity index (χ4v) is 3.23. The summed E-state index contributed by atoms with van der Waals surface area (Å²) >= 11 is 0. The minimum absolute atomic E-state index is 0.357. The molecule has 0 bridgehead atoms. The van der Waals surface area contributed by atoms with Crippen LogP contribution in [0.3, 0.4) is 0 Å². The van der Waals surface area contributed by atoms with Crippen LogP contribution in [-0.2, 0) is 20.7 Å². The van der Waals surface area contributed by atoms with E-state index in [9.17, 15) is 0 Å². The van der Waals surface area contributed by atoms with Crippen LogP contribution in [-0.4, -0.2) is 38.9 Å². The zero-order chi connectivity index (χ0) is 28.9. The van der Waals surface area contributed by atoms with Crippen LogP contribution in [0, 0.1) is 24.7 Å². The van der Waals surface area contributed by atoms with Gasteiger partial charge in [-0.05, 0) is 63.1 Å². The molecule has 0 saturated heterocycles. The third kappa shape index (κ3) is 23.4. The number of carbonyl (C=O) groups is 1. The maximum atomic E-state index is 8.18. The Balaban J connectivity index is -0.000000595. The van der Waals surface area contributed by atoms with Crippen molar-refractivity contribution in [3.63, 3.8) is 0 Å². The number of rotatable bonds is 11. The maximum absolute atomic E-state index is 8.18. The van der Waals surface area contributed by atoms with Crippen molar-refractivity contribution < 1.29 is 14.3 Å². The Morgan fingerprint density at radius 3 is 2.00 bits per heavy atom. The van der Waals surface area contributed by atoms with Gasteiger partial charge < -0.3 is 19.7 Å². The van der Waals surface area contributed by atoms with Gasteiger partial charge in [-0.1, -0.05) is 88.2 Å². The molecule has 208 valence electrons. The molecule has 0 spiro atoms. The van der Waals surface area contributed by atoms with Crippen LogP contribution in [0.25, 0.3) is 0 Å². The van der Waals surface area contributed by atoms with E-state index in [1.54, 1.807) is 14.2 Å². The molecule has 2 aromatic carbocycles. The van der Waals surface area contributed by atoms with Gasteiger partial charge in [-0.3, -0.25) is 0 Å². The van der Waals surface area contributed by atoms with Crippen molar-refractivity contribution in [3.05, 3.63) is 71.3 Å². The van der Waals surface area contributed by atoms with E-state index >= 15 is 0 Å². The lowest BCUT2D eigenvalue weighted by Gasteiger charge is -2.17. The topological polar surface area (TPSA) is 59.4 Å². The van der Waals surface area contributed by atoms with Crippen LogP contribution in [0.5, 0.6) is 0 Å². The summed E-state index contributed by atoms with van der Waals surface area (Å²) in [5, 5.41) is 8.18. The van der Waals surface area contributed by atoms with E-state index in [0.717, 1.165) is 43.4 Å². The maximum Gasteiger partial charge on any atom is 0.106 e. The summed E-state index contributed by atoms with van der Waals surface area (Å²) in [7, 11) is 3.25. The van der Waals surface area contributed by atoms with Gasteiger partial charge in [0.1, 0.15) is 6.79 Å². The molecule has 0 aliphatic carbocycles. The van der Waals surface area contributed by atoms with E-state index in [1.807, 2.05) is 63.1 Å². The molecular weight excluding hydrogens is 458 g/mol. The number of hydrogen-bond acceptors (Lipinski definition) is 4. The molecule has 0 aromatic heterocycles. The lowest BCUT2D eigenvalue weighted by atomic mass is 9.99. The second kappa shape index (κ2) is 29.5. The number of benzene rings is 2. The van der Waals surface area contributed by atoms with E-state index in [4.69, 9.17) is 21.4 Å². The molecule has 2 rings (SSSR count). The van der Waals surface area contributed by atoms with E-state index in [2.05, 4.69) is 50.5 Å². The molecule has 0 heterocycles. The smallest absolute Gasteiger partial charge is 0.106 e. The second-order valence-corrected chi connectivity index (χ2v) is 8.33. The van der Waals surface area contributed by atoms with Gasteiger partial charge in [0.2, 0.25) is 0 Å². The molecule has 0 radical (unpaired) electrons. The number of terminal acetylenes is 1. The number of aryl methyl sites for hydroxylation is 1. The van der Waals surface area contributed by atoms with Crippen molar-refractivity contribution in [1.82, 2.24) is 0 Å².